The zero-order chi connectivity index (χ0) is 7.72. The number of allylic oxidation sites excluding steroid dienone is 2. The Morgan fingerprint density at radius 3 is 2.40 bits per heavy atom. The lowest BCUT2D eigenvalue weighted by molar-refractivity contribution is 0.484. The van der Waals surface area contributed by atoms with Gasteiger partial charge in [-0.15, -0.1) is 0 Å². The summed E-state index contributed by atoms with van der Waals surface area (Å²) >= 11 is 0. The molecule has 0 saturated heterocycles. The predicted octanol–water partition coefficient (Wildman–Crippen LogP) is 2.34. The Labute approximate surface area is 60.7 Å². The third-order valence-electron chi connectivity index (χ3n) is 1.57. The molecular formula is C8H12FN. The molecule has 0 saturated carbocycles. The summed E-state index contributed by atoms with van der Waals surface area (Å²) in [7, 11) is 0. The number of nitrogens with zero attached hydrogens (tertiary/aromatic N) is 1. The Morgan fingerprint density at radius 1 is 1.60 bits per heavy atom. The van der Waals surface area contributed by atoms with Gasteiger partial charge in [-0.1, -0.05) is 13.8 Å². The molecule has 0 amide bonds. The molecule has 1 heterocycles. The van der Waals surface area contributed by atoms with Gasteiger partial charge in [0.1, 0.15) is 0 Å². The molecule has 2 heteroatoms. The first-order chi connectivity index (χ1) is 4.61. The van der Waals surface area contributed by atoms with Gasteiger partial charge in [0.25, 0.3) is 0 Å². The fraction of sp³-hybridized carbons (Fsp3) is 0.625. The molecule has 0 aliphatic carbocycles. The second-order valence-corrected chi connectivity index (χ2v) is 2.90. The molecule has 1 aliphatic rings. The highest BCUT2D eigenvalue weighted by Gasteiger charge is 2.20. The SMILES string of the molecule is CC1=CC(F)C(C(C)C)=N1. The summed E-state index contributed by atoms with van der Waals surface area (Å²) in [5.41, 5.74) is 1.47. The largest absolute Gasteiger partial charge is 0.259 e. The first-order valence-corrected chi connectivity index (χ1v) is 3.52. The van der Waals surface area contributed by atoms with Crippen LogP contribution in [0.5, 0.6) is 0 Å². The summed E-state index contributed by atoms with van der Waals surface area (Å²) in [6.07, 6.45) is 0.620. The molecule has 0 fully saturated rings. The molecule has 0 aromatic rings. The van der Waals surface area contributed by atoms with E-state index in [9.17, 15) is 4.39 Å². The van der Waals surface area contributed by atoms with Crippen molar-refractivity contribution >= 4 is 5.71 Å². The second kappa shape index (κ2) is 2.52. The maximum Gasteiger partial charge on any atom is 0.159 e. The Kier molecular flexibility index (Phi) is 1.88. The standard InChI is InChI=1S/C8H12FN/c1-5(2)8-7(9)4-6(3)10-8/h4-5,7H,1-3H3. The lowest BCUT2D eigenvalue weighted by Crippen LogP contribution is -2.15. The van der Waals surface area contributed by atoms with Gasteiger partial charge in [0.2, 0.25) is 0 Å². The first kappa shape index (κ1) is 7.45. The van der Waals surface area contributed by atoms with Crippen molar-refractivity contribution in [3.63, 3.8) is 0 Å². The van der Waals surface area contributed by atoms with E-state index in [2.05, 4.69) is 4.99 Å². The lowest BCUT2D eigenvalue weighted by Gasteiger charge is -2.05. The minimum atomic E-state index is -0.931. The van der Waals surface area contributed by atoms with E-state index in [0.29, 0.717) is 5.71 Å². The van der Waals surface area contributed by atoms with Crippen molar-refractivity contribution in [3.05, 3.63) is 11.8 Å². The highest BCUT2D eigenvalue weighted by Crippen LogP contribution is 2.17. The average molecular weight is 141 g/mol. The molecule has 0 spiro atoms. The van der Waals surface area contributed by atoms with Crippen LogP contribution < -0.4 is 0 Å². The van der Waals surface area contributed by atoms with E-state index in [1.165, 1.54) is 0 Å². The quantitative estimate of drug-likeness (QED) is 0.531. The summed E-state index contributed by atoms with van der Waals surface area (Å²) in [5.74, 6) is 0.226. The van der Waals surface area contributed by atoms with Crippen LogP contribution in [0.2, 0.25) is 0 Å². The monoisotopic (exact) mass is 141 g/mol. The van der Waals surface area contributed by atoms with Crippen LogP contribution in [0.3, 0.4) is 0 Å². The fourth-order valence-electron chi connectivity index (χ4n) is 1.05. The summed E-state index contributed by atoms with van der Waals surface area (Å²) in [5, 5.41) is 0. The van der Waals surface area contributed by atoms with Gasteiger partial charge in [0.05, 0.1) is 5.71 Å². The van der Waals surface area contributed by atoms with Crippen molar-refractivity contribution in [3.8, 4) is 0 Å². The molecule has 0 radical (unpaired) electrons. The van der Waals surface area contributed by atoms with E-state index in [1.54, 1.807) is 6.08 Å². The molecule has 0 aromatic carbocycles. The molecule has 0 N–H and O–H groups in total. The van der Waals surface area contributed by atoms with Gasteiger partial charge in [-0.3, -0.25) is 4.99 Å². The number of rotatable bonds is 1. The Bertz CT molecular complexity index is 191. The molecule has 1 rings (SSSR count). The molecule has 0 bridgehead atoms. The highest BCUT2D eigenvalue weighted by molar-refractivity contribution is 5.94. The average Bonchev–Trinajstić information content (AvgIpc) is 2.10. The molecule has 56 valence electrons. The Morgan fingerprint density at radius 2 is 2.20 bits per heavy atom. The van der Waals surface area contributed by atoms with E-state index in [0.717, 1.165) is 5.70 Å². The van der Waals surface area contributed by atoms with Crippen molar-refractivity contribution in [1.82, 2.24) is 0 Å². The van der Waals surface area contributed by atoms with Crippen LogP contribution in [0.25, 0.3) is 0 Å². The highest BCUT2D eigenvalue weighted by atomic mass is 19.1. The van der Waals surface area contributed by atoms with E-state index < -0.39 is 6.17 Å². The minimum absolute atomic E-state index is 0.226. The van der Waals surface area contributed by atoms with Crippen molar-refractivity contribution in [2.45, 2.75) is 26.9 Å². The lowest BCUT2D eigenvalue weighted by atomic mass is 10.1. The van der Waals surface area contributed by atoms with E-state index in [-0.39, 0.29) is 5.92 Å². The summed E-state index contributed by atoms with van der Waals surface area (Å²) in [6.45, 7) is 5.73. The Hall–Kier alpha value is -0.660. The summed E-state index contributed by atoms with van der Waals surface area (Å²) < 4.78 is 12.9. The predicted molar refractivity (Wildman–Crippen MR) is 40.9 cm³/mol. The van der Waals surface area contributed by atoms with E-state index >= 15 is 0 Å². The first-order valence-electron chi connectivity index (χ1n) is 3.52. The van der Waals surface area contributed by atoms with Crippen LogP contribution >= 0.6 is 0 Å². The van der Waals surface area contributed by atoms with Crippen molar-refractivity contribution in [2.75, 3.05) is 0 Å². The third-order valence-corrected chi connectivity index (χ3v) is 1.57. The maximum absolute atomic E-state index is 12.9. The molecule has 0 aromatic heterocycles. The van der Waals surface area contributed by atoms with Crippen LogP contribution in [0.15, 0.2) is 16.8 Å². The zero-order valence-electron chi connectivity index (χ0n) is 6.56. The van der Waals surface area contributed by atoms with Crippen LogP contribution in [0.4, 0.5) is 4.39 Å². The summed E-state index contributed by atoms with van der Waals surface area (Å²) in [6, 6.07) is 0. The van der Waals surface area contributed by atoms with E-state index in [4.69, 9.17) is 0 Å². The third kappa shape index (κ3) is 1.25. The molecular weight excluding hydrogens is 129 g/mol. The number of hydrogen-bond donors (Lipinski definition) is 0. The van der Waals surface area contributed by atoms with Crippen molar-refractivity contribution in [1.29, 1.82) is 0 Å². The van der Waals surface area contributed by atoms with Gasteiger partial charge in [-0.25, -0.2) is 4.39 Å². The number of aliphatic imine (C=N–C) groups is 1. The molecule has 1 nitrogen and oxygen atoms in total. The van der Waals surface area contributed by atoms with Crippen LogP contribution in [-0.2, 0) is 0 Å². The number of alkyl halides is 1. The van der Waals surface area contributed by atoms with Gasteiger partial charge < -0.3 is 0 Å². The normalized spacial score (nSPS) is 25.1. The smallest absolute Gasteiger partial charge is 0.159 e. The molecule has 1 aliphatic heterocycles. The maximum atomic E-state index is 12.9. The van der Waals surface area contributed by atoms with Crippen LogP contribution in [-0.4, -0.2) is 11.9 Å². The van der Waals surface area contributed by atoms with Gasteiger partial charge in [0.15, 0.2) is 6.17 Å². The number of halogens is 1. The zero-order valence-corrected chi connectivity index (χ0v) is 6.56. The molecule has 1 unspecified atom stereocenters. The van der Waals surface area contributed by atoms with Gasteiger partial charge >= 0.3 is 0 Å². The molecule has 10 heavy (non-hydrogen) atoms. The van der Waals surface area contributed by atoms with Gasteiger partial charge in [-0.2, -0.15) is 0 Å². The van der Waals surface area contributed by atoms with Gasteiger partial charge in [0, 0.05) is 5.70 Å². The van der Waals surface area contributed by atoms with Crippen LogP contribution in [0.1, 0.15) is 20.8 Å². The van der Waals surface area contributed by atoms with Crippen molar-refractivity contribution in [2.24, 2.45) is 10.9 Å². The second-order valence-electron chi connectivity index (χ2n) is 2.90. The van der Waals surface area contributed by atoms with Gasteiger partial charge in [-0.05, 0) is 18.9 Å². The topological polar surface area (TPSA) is 12.4 Å². The van der Waals surface area contributed by atoms with Crippen LogP contribution in [0, 0.1) is 5.92 Å². The summed E-state index contributed by atoms with van der Waals surface area (Å²) in [4.78, 5) is 4.07. The van der Waals surface area contributed by atoms with E-state index in [1.807, 2.05) is 20.8 Å². The Balaban J connectivity index is 2.75. The fourth-order valence-corrected chi connectivity index (χ4v) is 1.05. The van der Waals surface area contributed by atoms with Crippen molar-refractivity contribution < 1.29 is 4.39 Å². The number of hydrogen-bond acceptors (Lipinski definition) is 1. The minimum Gasteiger partial charge on any atom is -0.259 e. The molecule has 1 atom stereocenters.